The lowest BCUT2D eigenvalue weighted by molar-refractivity contribution is 0.0774. The largest absolute Gasteiger partial charge is 0.424 e. The number of aromatic nitrogens is 3. The van der Waals surface area contributed by atoms with E-state index in [9.17, 15) is 4.79 Å². The predicted octanol–water partition coefficient (Wildman–Crippen LogP) is 3.10. The minimum Gasteiger partial charge on any atom is -0.424 e. The number of rotatable bonds is 4. The lowest BCUT2D eigenvalue weighted by Crippen LogP contribution is -2.35. The molecule has 2 aromatic rings. The van der Waals surface area contributed by atoms with E-state index in [4.69, 9.17) is 4.42 Å². The van der Waals surface area contributed by atoms with Gasteiger partial charge in [-0.25, -0.2) is 0 Å². The molecule has 6 nitrogen and oxygen atoms in total. The van der Waals surface area contributed by atoms with Gasteiger partial charge in [0.25, 0.3) is 5.91 Å². The zero-order valence-electron chi connectivity index (χ0n) is 15.1. The Balaban J connectivity index is 1.44. The van der Waals surface area contributed by atoms with E-state index in [1.807, 2.05) is 11.0 Å². The van der Waals surface area contributed by atoms with Gasteiger partial charge < -0.3 is 9.32 Å². The highest BCUT2D eigenvalue weighted by molar-refractivity contribution is 5.95. The normalized spacial score (nSPS) is 27.7. The zero-order chi connectivity index (χ0) is 17.7. The van der Waals surface area contributed by atoms with Crippen molar-refractivity contribution in [3.05, 3.63) is 41.4 Å². The average Bonchev–Trinajstić information content (AvgIpc) is 3.09. The van der Waals surface area contributed by atoms with Crippen molar-refractivity contribution in [2.75, 3.05) is 13.1 Å². The molecule has 2 aliphatic carbocycles. The van der Waals surface area contributed by atoms with Crippen LogP contribution in [-0.2, 0) is 11.8 Å². The van der Waals surface area contributed by atoms with Crippen LogP contribution in [-0.4, -0.2) is 39.1 Å². The van der Waals surface area contributed by atoms with E-state index in [1.54, 1.807) is 12.4 Å². The Morgan fingerprint density at radius 1 is 1.35 bits per heavy atom. The fourth-order valence-electron chi connectivity index (χ4n) is 4.81. The van der Waals surface area contributed by atoms with E-state index in [0.717, 1.165) is 61.6 Å². The molecule has 2 atom stereocenters. The maximum atomic E-state index is 13.2. The van der Waals surface area contributed by atoms with Crippen LogP contribution in [0.15, 0.2) is 22.9 Å². The van der Waals surface area contributed by atoms with Crippen LogP contribution in [0.5, 0.6) is 0 Å². The second kappa shape index (κ2) is 5.89. The van der Waals surface area contributed by atoms with Gasteiger partial charge in [0.2, 0.25) is 11.8 Å². The molecule has 6 heteroatoms. The molecule has 0 N–H and O–H groups in total. The predicted molar refractivity (Wildman–Crippen MR) is 94.8 cm³/mol. The lowest BCUT2D eigenvalue weighted by Gasteiger charge is -2.24. The summed E-state index contributed by atoms with van der Waals surface area (Å²) in [5.41, 5.74) is 1.65. The van der Waals surface area contributed by atoms with Crippen LogP contribution >= 0.6 is 0 Å². The second-order valence-electron chi connectivity index (χ2n) is 8.04. The molecule has 2 aromatic heterocycles. The Labute approximate surface area is 153 Å². The van der Waals surface area contributed by atoms with E-state index in [1.165, 1.54) is 6.42 Å². The van der Waals surface area contributed by atoms with Crippen LogP contribution in [0.1, 0.15) is 72.6 Å². The Morgan fingerprint density at radius 3 is 3.04 bits per heavy atom. The molecular weight excluding hydrogens is 328 g/mol. The summed E-state index contributed by atoms with van der Waals surface area (Å²) >= 11 is 0. The fraction of sp³-hybridized carbons (Fsp3) is 0.600. The quantitative estimate of drug-likeness (QED) is 0.845. The van der Waals surface area contributed by atoms with Gasteiger partial charge in [-0.3, -0.25) is 9.78 Å². The summed E-state index contributed by atoms with van der Waals surface area (Å²) < 4.78 is 6.10. The van der Waals surface area contributed by atoms with E-state index in [0.29, 0.717) is 18.4 Å². The molecule has 5 rings (SSSR count). The molecule has 3 heterocycles. The molecule has 3 aliphatic rings. The summed E-state index contributed by atoms with van der Waals surface area (Å²) in [6.07, 6.45) is 9.97. The highest BCUT2D eigenvalue weighted by atomic mass is 16.4. The Morgan fingerprint density at radius 2 is 2.23 bits per heavy atom. The van der Waals surface area contributed by atoms with Gasteiger partial charge in [-0.05, 0) is 49.7 Å². The zero-order valence-corrected chi connectivity index (χ0v) is 15.1. The molecule has 2 saturated carbocycles. The van der Waals surface area contributed by atoms with Crippen molar-refractivity contribution >= 4 is 5.91 Å². The fourth-order valence-corrected chi connectivity index (χ4v) is 4.81. The smallest absolute Gasteiger partial charge is 0.254 e. The number of pyridine rings is 1. The maximum absolute atomic E-state index is 13.2. The van der Waals surface area contributed by atoms with Crippen molar-refractivity contribution in [1.82, 2.24) is 20.1 Å². The first-order valence-electron chi connectivity index (χ1n) is 9.77. The Hall–Kier alpha value is -2.24. The summed E-state index contributed by atoms with van der Waals surface area (Å²) in [4.78, 5) is 19.4. The highest BCUT2D eigenvalue weighted by Crippen LogP contribution is 2.51. The number of nitrogens with zero attached hydrogens (tertiary/aromatic N) is 4. The molecule has 1 amide bonds. The first-order chi connectivity index (χ1) is 12.7. The Bertz CT molecular complexity index is 844. The minimum absolute atomic E-state index is 0.111. The summed E-state index contributed by atoms with van der Waals surface area (Å²) in [5.74, 6) is 2.57. The Kier molecular flexibility index (Phi) is 3.62. The van der Waals surface area contributed by atoms with Crippen LogP contribution < -0.4 is 0 Å². The van der Waals surface area contributed by atoms with Gasteiger partial charge >= 0.3 is 0 Å². The molecule has 0 unspecified atom stereocenters. The van der Waals surface area contributed by atoms with Gasteiger partial charge in [-0.15, -0.1) is 10.2 Å². The summed E-state index contributed by atoms with van der Waals surface area (Å²) in [6.45, 7) is 3.53. The van der Waals surface area contributed by atoms with Crippen LogP contribution in [0.3, 0.4) is 0 Å². The monoisotopic (exact) mass is 352 g/mol. The SMILES string of the molecule is CCc1cnccc1C(=O)N1C[C@@H]2CCC[C@]2(c2nnc(C3CC3)o2)C1. The number of carbonyl (C=O) groups is 1. The first kappa shape index (κ1) is 16.0. The maximum Gasteiger partial charge on any atom is 0.254 e. The summed E-state index contributed by atoms with van der Waals surface area (Å²) in [7, 11) is 0. The number of hydrogen-bond acceptors (Lipinski definition) is 5. The first-order valence-corrected chi connectivity index (χ1v) is 9.77. The number of hydrogen-bond donors (Lipinski definition) is 0. The highest BCUT2D eigenvalue weighted by Gasteiger charge is 2.55. The van der Waals surface area contributed by atoms with Gasteiger partial charge in [0.1, 0.15) is 0 Å². The molecular formula is C20H24N4O2. The van der Waals surface area contributed by atoms with Crippen molar-refractivity contribution < 1.29 is 9.21 Å². The van der Waals surface area contributed by atoms with Crippen molar-refractivity contribution in [2.45, 2.75) is 56.8 Å². The molecule has 1 aliphatic heterocycles. The van der Waals surface area contributed by atoms with E-state index >= 15 is 0 Å². The van der Waals surface area contributed by atoms with Crippen molar-refractivity contribution in [3.63, 3.8) is 0 Å². The van der Waals surface area contributed by atoms with Crippen LogP contribution in [0.25, 0.3) is 0 Å². The number of fused-ring (bicyclic) bond motifs is 1. The van der Waals surface area contributed by atoms with Gasteiger partial charge in [-0.1, -0.05) is 13.3 Å². The number of likely N-dealkylation sites (tertiary alicyclic amines) is 1. The van der Waals surface area contributed by atoms with Crippen molar-refractivity contribution in [3.8, 4) is 0 Å². The minimum atomic E-state index is -0.144. The topological polar surface area (TPSA) is 72.1 Å². The van der Waals surface area contributed by atoms with E-state index in [-0.39, 0.29) is 11.3 Å². The molecule has 3 fully saturated rings. The third-order valence-corrected chi connectivity index (χ3v) is 6.47. The lowest BCUT2D eigenvalue weighted by atomic mass is 9.80. The molecule has 0 bridgehead atoms. The molecule has 0 spiro atoms. The van der Waals surface area contributed by atoms with Crippen LogP contribution in [0.4, 0.5) is 0 Å². The third-order valence-electron chi connectivity index (χ3n) is 6.47. The van der Waals surface area contributed by atoms with Gasteiger partial charge in [0, 0.05) is 37.0 Å². The second-order valence-corrected chi connectivity index (χ2v) is 8.04. The third kappa shape index (κ3) is 2.38. The standard InChI is InChI=1S/C20H24N4O2/c1-2-13-10-21-9-7-16(13)18(25)24-11-15-4-3-8-20(15,12-24)19-23-22-17(26-19)14-5-6-14/h7,9-10,14-15H,2-6,8,11-12H2,1H3/t15-,20-/m0/s1. The molecule has 136 valence electrons. The summed E-state index contributed by atoms with van der Waals surface area (Å²) in [6, 6.07) is 1.85. The molecule has 0 radical (unpaired) electrons. The van der Waals surface area contributed by atoms with E-state index in [2.05, 4.69) is 22.1 Å². The van der Waals surface area contributed by atoms with Crippen LogP contribution in [0.2, 0.25) is 0 Å². The molecule has 1 saturated heterocycles. The number of amides is 1. The van der Waals surface area contributed by atoms with Gasteiger partial charge in [0.05, 0.1) is 5.41 Å². The van der Waals surface area contributed by atoms with Crippen molar-refractivity contribution in [1.29, 1.82) is 0 Å². The summed E-state index contributed by atoms with van der Waals surface area (Å²) in [5, 5.41) is 8.73. The van der Waals surface area contributed by atoms with Gasteiger partial charge in [-0.2, -0.15) is 0 Å². The number of aryl methyl sites for hydroxylation is 1. The molecule has 0 aromatic carbocycles. The van der Waals surface area contributed by atoms with Gasteiger partial charge in [0.15, 0.2) is 0 Å². The number of carbonyl (C=O) groups excluding carboxylic acids is 1. The van der Waals surface area contributed by atoms with E-state index < -0.39 is 0 Å². The van der Waals surface area contributed by atoms with Crippen LogP contribution in [0, 0.1) is 5.92 Å². The van der Waals surface area contributed by atoms with Crippen molar-refractivity contribution in [2.24, 2.45) is 5.92 Å². The average molecular weight is 352 g/mol. The molecule has 26 heavy (non-hydrogen) atoms.